The third-order valence-electron chi connectivity index (χ3n) is 5.59. The minimum absolute atomic E-state index is 0.0508. The maximum Gasteiger partial charge on any atom is 0.243 e. The summed E-state index contributed by atoms with van der Waals surface area (Å²) < 4.78 is 40.4. The standard InChI is InChI=1S/C20H23FN2O3S2/c21-16-7-9-17(10-8-16)28(25,26)22-11-1-4-15(14-22)20(24)23-12-2-5-18(23)19-6-3-13-27-19/h3,6-10,13,15,18H,1-2,4-5,11-12,14H2/t15-,18-/m0/s1. The van der Waals surface area contributed by atoms with Crippen LogP contribution >= 0.6 is 11.3 Å². The fourth-order valence-electron chi connectivity index (χ4n) is 4.16. The summed E-state index contributed by atoms with van der Waals surface area (Å²) >= 11 is 1.66. The Bertz CT molecular complexity index is 929. The van der Waals surface area contributed by atoms with E-state index in [1.165, 1.54) is 21.3 Å². The van der Waals surface area contributed by atoms with Gasteiger partial charge in [0.25, 0.3) is 0 Å². The molecule has 2 saturated heterocycles. The van der Waals surface area contributed by atoms with Crippen LogP contribution in [0.3, 0.4) is 0 Å². The van der Waals surface area contributed by atoms with Crippen LogP contribution in [0.2, 0.25) is 0 Å². The molecule has 0 unspecified atom stereocenters. The van der Waals surface area contributed by atoms with Gasteiger partial charge in [-0.2, -0.15) is 4.31 Å². The van der Waals surface area contributed by atoms with Crippen LogP contribution in [0, 0.1) is 11.7 Å². The highest BCUT2D eigenvalue weighted by molar-refractivity contribution is 7.89. The molecule has 3 heterocycles. The monoisotopic (exact) mass is 422 g/mol. The van der Waals surface area contributed by atoms with Gasteiger partial charge >= 0.3 is 0 Å². The molecule has 0 aliphatic carbocycles. The Morgan fingerprint density at radius 2 is 1.82 bits per heavy atom. The second-order valence-corrected chi connectivity index (χ2v) is 10.3. The van der Waals surface area contributed by atoms with Crippen LogP contribution in [-0.2, 0) is 14.8 Å². The molecule has 1 amide bonds. The Morgan fingerprint density at radius 1 is 1.07 bits per heavy atom. The highest BCUT2D eigenvalue weighted by atomic mass is 32.2. The Labute approximate surface area is 168 Å². The van der Waals surface area contributed by atoms with Crippen molar-refractivity contribution < 1.29 is 17.6 Å². The molecule has 0 saturated carbocycles. The summed E-state index contributed by atoms with van der Waals surface area (Å²) in [4.78, 5) is 16.4. The molecule has 2 atom stereocenters. The van der Waals surface area contributed by atoms with Crippen molar-refractivity contribution in [3.8, 4) is 0 Å². The van der Waals surface area contributed by atoms with Gasteiger partial charge in [0.2, 0.25) is 15.9 Å². The molecule has 0 radical (unpaired) electrons. The molecule has 5 nitrogen and oxygen atoms in total. The zero-order valence-corrected chi connectivity index (χ0v) is 17.1. The van der Waals surface area contributed by atoms with E-state index >= 15 is 0 Å². The molecule has 4 rings (SSSR count). The van der Waals surface area contributed by atoms with Crippen LogP contribution in [0.1, 0.15) is 36.6 Å². The number of nitrogens with zero attached hydrogens (tertiary/aromatic N) is 2. The zero-order chi connectivity index (χ0) is 19.7. The van der Waals surface area contributed by atoms with E-state index in [0.29, 0.717) is 19.4 Å². The van der Waals surface area contributed by atoms with Gasteiger partial charge in [-0.1, -0.05) is 6.07 Å². The third-order valence-corrected chi connectivity index (χ3v) is 8.45. The van der Waals surface area contributed by atoms with Gasteiger partial charge in [0.1, 0.15) is 5.82 Å². The van der Waals surface area contributed by atoms with Crippen LogP contribution in [-0.4, -0.2) is 43.2 Å². The van der Waals surface area contributed by atoms with E-state index in [-0.39, 0.29) is 29.3 Å². The second kappa shape index (κ2) is 7.93. The Kier molecular flexibility index (Phi) is 5.53. The predicted octanol–water partition coefficient (Wildman–Crippen LogP) is 3.65. The quantitative estimate of drug-likeness (QED) is 0.756. The summed E-state index contributed by atoms with van der Waals surface area (Å²) in [5.74, 6) is -0.751. The zero-order valence-electron chi connectivity index (χ0n) is 15.5. The predicted molar refractivity (Wildman–Crippen MR) is 106 cm³/mol. The average Bonchev–Trinajstić information content (AvgIpc) is 3.39. The van der Waals surface area contributed by atoms with Crippen LogP contribution < -0.4 is 0 Å². The minimum atomic E-state index is -3.73. The first-order chi connectivity index (χ1) is 13.5. The summed E-state index contributed by atoms with van der Waals surface area (Å²) in [6, 6.07) is 9.03. The van der Waals surface area contributed by atoms with E-state index in [2.05, 4.69) is 6.07 Å². The molecule has 0 N–H and O–H groups in total. The van der Waals surface area contributed by atoms with Gasteiger partial charge in [-0.25, -0.2) is 12.8 Å². The van der Waals surface area contributed by atoms with Gasteiger partial charge in [0.15, 0.2) is 0 Å². The lowest BCUT2D eigenvalue weighted by Crippen LogP contribution is -2.46. The molecule has 2 aliphatic rings. The lowest BCUT2D eigenvalue weighted by atomic mass is 9.97. The number of carbonyl (C=O) groups is 1. The number of halogens is 1. The van der Waals surface area contributed by atoms with E-state index in [9.17, 15) is 17.6 Å². The van der Waals surface area contributed by atoms with Crippen LogP contribution in [0.25, 0.3) is 0 Å². The highest BCUT2D eigenvalue weighted by Crippen LogP contribution is 2.36. The van der Waals surface area contributed by atoms with Gasteiger partial charge < -0.3 is 4.90 Å². The maximum absolute atomic E-state index is 13.2. The summed E-state index contributed by atoms with van der Waals surface area (Å²) in [5, 5.41) is 2.02. The van der Waals surface area contributed by atoms with E-state index < -0.39 is 15.8 Å². The van der Waals surface area contributed by atoms with Gasteiger partial charge in [-0.05, 0) is 61.4 Å². The molecule has 28 heavy (non-hydrogen) atoms. The van der Waals surface area contributed by atoms with Crippen molar-refractivity contribution in [2.75, 3.05) is 19.6 Å². The smallest absolute Gasteiger partial charge is 0.243 e. The van der Waals surface area contributed by atoms with Crippen LogP contribution in [0.4, 0.5) is 4.39 Å². The van der Waals surface area contributed by atoms with Crippen molar-refractivity contribution in [1.29, 1.82) is 0 Å². The van der Waals surface area contributed by atoms with E-state index in [4.69, 9.17) is 0 Å². The van der Waals surface area contributed by atoms with E-state index in [1.54, 1.807) is 11.3 Å². The van der Waals surface area contributed by atoms with Crippen molar-refractivity contribution in [3.63, 3.8) is 0 Å². The van der Waals surface area contributed by atoms with Gasteiger partial charge in [-0.15, -0.1) is 11.3 Å². The van der Waals surface area contributed by atoms with E-state index in [0.717, 1.165) is 31.5 Å². The first-order valence-electron chi connectivity index (χ1n) is 9.56. The molecule has 2 aromatic rings. The first-order valence-corrected chi connectivity index (χ1v) is 11.9. The number of hydrogen-bond acceptors (Lipinski definition) is 4. The molecule has 2 aliphatic heterocycles. The lowest BCUT2D eigenvalue weighted by Gasteiger charge is -2.35. The Balaban J connectivity index is 1.50. The number of amides is 1. The van der Waals surface area contributed by atoms with Crippen molar-refractivity contribution in [2.45, 2.75) is 36.6 Å². The summed E-state index contributed by atoms with van der Waals surface area (Å²) in [6.07, 6.45) is 3.27. The fourth-order valence-corrected chi connectivity index (χ4v) is 6.56. The topological polar surface area (TPSA) is 57.7 Å². The number of hydrogen-bond donors (Lipinski definition) is 0. The van der Waals surface area contributed by atoms with Gasteiger partial charge in [0.05, 0.1) is 16.9 Å². The molecular weight excluding hydrogens is 399 g/mol. The summed E-state index contributed by atoms with van der Waals surface area (Å²) in [7, 11) is -3.73. The van der Waals surface area contributed by atoms with Gasteiger partial charge in [0, 0.05) is 24.5 Å². The van der Waals surface area contributed by atoms with Crippen molar-refractivity contribution >= 4 is 27.3 Å². The molecule has 150 valence electrons. The molecule has 1 aromatic carbocycles. The number of thiophene rings is 1. The van der Waals surface area contributed by atoms with Crippen molar-refractivity contribution in [3.05, 3.63) is 52.5 Å². The summed E-state index contributed by atoms with van der Waals surface area (Å²) in [6.45, 7) is 1.30. The molecule has 8 heteroatoms. The molecular formula is C20H23FN2O3S2. The van der Waals surface area contributed by atoms with Crippen molar-refractivity contribution in [2.24, 2.45) is 5.92 Å². The Hall–Kier alpha value is -1.77. The lowest BCUT2D eigenvalue weighted by molar-refractivity contribution is -0.137. The minimum Gasteiger partial charge on any atom is -0.335 e. The van der Waals surface area contributed by atoms with Crippen LogP contribution in [0.5, 0.6) is 0 Å². The highest BCUT2D eigenvalue weighted by Gasteiger charge is 2.38. The SMILES string of the molecule is O=C([C@H]1CCCN(S(=O)(=O)c2ccc(F)cc2)C1)N1CCC[C@H]1c1cccs1. The number of piperidine rings is 1. The largest absolute Gasteiger partial charge is 0.335 e. The number of benzene rings is 1. The third kappa shape index (κ3) is 3.73. The average molecular weight is 423 g/mol. The Morgan fingerprint density at radius 3 is 2.54 bits per heavy atom. The number of carbonyl (C=O) groups excluding carboxylic acids is 1. The summed E-state index contributed by atoms with van der Waals surface area (Å²) in [5.41, 5.74) is 0. The molecule has 2 fully saturated rings. The van der Waals surface area contributed by atoms with Crippen molar-refractivity contribution in [1.82, 2.24) is 9.21 Å². The maximum atomic E-state index is 13.2. The van der Waals surface area contributed by atoms with Gasteiger partial charge in [-0.3, -0.25) is 4.79 Å². The fraction of sp³-hybridized carbons (Fsp3) is 0.450. The molecule has 0 bridgehead atoms. The number of sulfonamides is 1. The second-order valence-electron chi connectivity index (χ2n) is 7.36. The normalized spacial score (nSPS) is 23.8. The molecule has 0 spiro atoms. The van der Waals surface area contributed by atoms with Crippen LogP contribution in [0.15, 0.2) is 46.7 Å². The van der Waals surface area contributed by atoms with E-state index in [1.807, 2.05) is 16.3 Å². The number of likely N-dealkylation sites (tertiary alicyclic amines) is 1. The number of rotatable bonds is 4. The first kappa shape index (κ1) is 19.5. The molecule has 1 aromatic heterocycles.